The third-order valence-corrected chi connectivity index (χ3v) is 4.00. The highest BCUT2D eigenvalue weighted by molar-refractivity contribution is 14.1. The zero-order valence-electron chi connectivity index (χ0n) is 9.89. The molecule has 16 heavy (non-hydrogen) atoms. The number of unbranched alkanes of at least 4 members (excludes halogenated alkanes) is 2. The molecule has 3 heteroatoms. The van der Waals surface area contributed by atoms with Gasteiger partial charge in [-0.3, -0.25) is 0 Å². The second kappa shape index (κ2) is 7.51. The fourth-order valence-corrected chi connectivity index (χ4v) is 2.73. The minimum atomic E-state index is 0.428. The van der Waals surface area contributed by atoms with Crippen molar-refractivity contribution in [3.8, 4) is 0 Å². The van der Waals surface area contributed by atoms with Crippen molar-refractivity contribution < 1.29 is 0 Å². The van der Waals surface area contributed by atoms with Crippen molar-refractivity contribution in [1.29, 1.82) is 0 Å². The van der Waals surface area contributed by atoms with Gasteiger partial charge >= 0.3 is 0 Å². The van der Waals surface area contributed by atoms with E-state index in [9.17, 15) is 0 Å². The molecule has 0 heterocycles. The molecule has 0 saturated carbocycles. The lowest BCUT2D eigenvalue weighted by atomic mass is 10.0. The second-order valence-electron chi connectivity index (χ2n) is 4.00. The average molecular weight is 352 g/mol. The number of benzene rings is 1. The molecular weight excluding hydrogens is 333 g/mol. The van der Waals surface area contributed by atoms with E-state index >= 15 is 0 Å². The minimum absolute atomic E-state index is 0.428. The number of nitrogens with one attached hydrogen (secondary N) is 1. The van der Waals surface area contributed by atoms with Crippen molar-refractivity contribution in [3.05, 3.63) is 32.4 Å². The highest BCUT2D eigenvalue weighted by Crippen LogP contribution is 2.27. The number of hydrogen-bond donors (Lipinski definition) is 1. The first-order chi connectivity index (χ1) is 7.69. The van der Waals surface area contributed by atoms with Gasteiger partial charge in [0.15, 0.2) is 0 Å². The number of hydrogen-bond acceptors (Lipinski definition) is 1. The van der Waals surface area contributed by atoms with Crippen LogP contribution in [-0.4, -0.2) is 7.05 Å². The standard InChI is InChI=1S/C13H19ClIN/c1-3-4-5-6-13(16-2)11-9-10(14)7-8-12(11)15/h7-9,13,16H,3-6H2,1-2H3. The maximum Gasteiger partial charge on any atom is 0.0410 e. The van der Waals surface area contributed by atoms with Crippen LogP contribution in [0.4, 0.5) is 0 Å². The SMILES string of the molecule is CCCCCC(NC)c1cc(Cl)ccc1I. The summed E-state index contributed by atoms with van der Waals surface area (Å²) in [6, 6.07) is 6.54. The fraction of sp³-hybridized carbons (Fsp3) is 0.538. The van der Waals surface area contributed by atoms with E-state index in [1.807, 2.05) is 13.1 Å². The van der Waals surface area contributed by atoms with Gasteiger partial charge in [0, 0.05) is 14.6 Å². The van der Waals surface area contributed by atoms with E-state index in [1.165, 1.54) is 34.8 Å². The lowest BCUT2D eigenvalue weighted by Gasteiger charge is -2.18. The molecule has 1 aromatic carbocycles. The summed E-state index contributed by atoms with van der Waals surface area (Å²) < 4.78 is 1.29. The predicted octanol–water partition coefficient (Wildman–Crippen LogP) is 4.79. The largest absolute Gasteiger partial charge is 0.313 e. The number of halogens is 2. The molecule has 1 unspecified atom stereocenters. The van der Waals surface area contributed by atoms with Crippen LogP contribution in [0.2, 0.25) is 5.02 Å². The maximum atomic E-state index is 6.05. The molecule has 0 aliphatic carbocycles. The fourth-order valence-electron chi connectivity index (χ4n) is 1.84. The summed E-state index contributed by atoms with van der Waals surface area (Å²) >= 11 is 8.43. The third-order valence-electron chi connectivity index (χ3n) is 2.78. The van der Waals surface area contributed by atoms with Gasteiger partial charge < -0.3 is 5.32 Å². The summed E-state index contributed by atoms with van der Waals surface area (Å²) in [6.07, 6.45) is 5.02. The van der Waals surface area contributed by atoms with Crippen LogP contribution < -0.4 is 5.32 Å². The maximum absolute atomic E-state index is 6.05. The summed E-state index contributed by atoms with van der Waals surface area (Å²) in [5, 5.41) is 4.21. The molecule has 0 aliphatic heterocycles. The van der Waals surface area contributed by atoms with Crippen LogP contribution in [0, 0.1) is 3.57 Å². The van der Waals surface area contributed by atoms with E-state index in [1.54, 1.807) is 0 Å². The average Bonchev–Trinajstić information content (AvgIpc) is 2.28. The minimum Gasteiger partial charge on any atom is -0.313 e. The Kier molecular flexibility index (Phi) is 6.70. The van der Waals surface area contributed by atoms with E-state index in [2.05, 4.69) is 47.0 Å². The van der Waals surface area contributed by atoms with Gasteiger partial charge in [-0.15, -0.1) is 0 Å². The molecule has 1 aromatic rings. The van der Waals surface area contributed by atoms with Crippen LogP contribution in [-0.2, 0) is 0 Å². The van der Waals surface area contributed by atoms with Crippen LogP contribution in [0.5, 0.6) is 0 Å². The molecule has 0 radical (unpaired) electrons. The van der Waals surface area contributed by atoms with Crippen molar-refractivity contribution in [3.63, 3.8) is 0 Å². The molecule has 1 atom stereocenters. The predicted molar refractivity (Wildman–Crippen MR) is 80.1 cm³/mol. The van der Waals surface area contributed by atoms with Crippen molar-refractivity contribution in [2.75, 3.05) is 7.05 Å². The Bertz CT molecular complexity index is 328. The summed E-state index contributed by atoms with van der Waals surface area (Å²) in [4.78, 5) is 0. The van der Waals surface area contributed by atoms with Gasteiger partial charge in [0.1, 0.15) is 0 Å². The van der Waals surface area contributed by atoms with Crippen LogP contribution in [0.15, 0.2) is 18.2 Å². The molecular formula is C13H19ClIN. The van der Waals surface area contributed by atoms with Crippen molar-refractivity contribution >= 4 is 34.2 Å². The van der Waals surface area contributed by atoms with Crippen LogP contribution in [0.3, 0.4) is 0 Å². The van der Waals surface area contributed by atoms with Gasteiger partial charge in [-0.1, -0.05) is 37.8 Å². The summed E-state index contributed by atoms with van der Waals surface area (Å²) in [7, 11) is 2.02. The molecule has 0 aromatic heterocycles. The van der Waals surface area contributed by atoms with Gasteiger partial charge in [-0.05, 0) is 59.8 Å². The van der Waals surface area contributed by atoms with E-state index in [4.69, 9.17) is 11.6 Å². The van der Waals surface area contributed by atoms with Crippen molar-refractivity contribution in [2.24, 2.45) is 0 Å². The Balaban J connectivity index is 2.73. The van der Waals surface area contributed by atoms with Crippen molar-refractivity contribution in [1.82, 2.24) is 5.32 Å². The van der Waals surface area contributed by atoms with E-state index in [-0.39, 0.29) is 0 Å². The zero-order chi connectivity index (χ0) is 12.0. The summed E-state index contributed by atoms with van der Waals surface area (Å²) in [5.41, 5.74) is 1.33. The normalized spacial score (nSPS) is 12.8. The monoisotopic (exact) mass is 351 g/mol. The molecule has 1 rings (SSSR count). The highest BCUT2D eigenvalue weighted by atomic mass is 127. The molecule has 90 valence electrons. The molecule has 0 aliphatic rings. The Morgan fingerprint density at radius 2 is 2.12 bits per heavy atom. The van der Waals surface area contributed by atoms with Gasteiger partial charge in [0.25, 0.3) is 0 Å². The third kappa shape index (κ3) is 4.22. The molecule has 0 bridgehead atoms. The molecule has 0 spiro atoms. The number of rotatable bonds is 6. The summed E-state index contributed by atoms with van der Waals surface area (Å²) in [6.45, 7) is 2.23. The summed E-state index contributed by atoms with van der Waals surface area (Å²) in [5.74, 6) is 0. The Morgan fingerprint density at radius 3 is 2.75 bits per heavy atom. The second-order valence-corrected chi connectivity index (χ2v) is 5.60. The van der Waals surface area contributed by atoms with Gasteiger partial charge in [-0.2, -0.15) is 0 Å². The first-order valence-electron chi connectivity index (χ1n) is 5.81. The molecule has 0 fully saturated rings. The van der Waals surface area contributed by atoms with E-state index < -0.39 is 0 Å². The van der Waals surface area contributed by atoms with E-state index in [0.29, 0.717) is 6.04 Å². The molecule has 0 saturated heterocycles. The Morgan fingerprint density at radius 1 is 1.38 bits per heavy atom. The Hall–Kier alpha value is 0.200. The lowest BCUT2D eigenvalue weighted by molar-refractivity contribution is 0.510. The lowest BCUT2D eigenvalue weighted by Crippen LogP contribution is -2.17. The molecule has 1 N–H and O–H groups in total. The van der Waals surface area contributed by atoms with Crippen LogP contribution in [0.25, 0.3) is 0 Å². The van der Waals surface area contributed by atoms with Crippen molar-refractivity contribution in [2.45, 2.75) is 38.6 Å². The first-order valence-corrected chi connectivity index (χ1v) is 7.27. The van der Waals surface area contributed by atoms with Crippen LogP contribution >= 0.6 is 34.2 Å². The van der Waals surface area contributed by atoms with E-state index in [0.717, 1.165) is 5.02 Å². The molecule has 0 amide bonds. The zero-order valence-corrected chi connectivity index (χ0v) is 12.8. The van der Waals surface area contributed by atoms with Gasteiger partial charge in [0.05, 0.1) is 0 Å². The highest BCUT2D eigenvalue weighted by Gasteiger charge is 2.12. The first kappa shape index (κ1) is 14.3. The topological polar surface area (TPSA) is 12.0 Å². The van der Waals surface area contributed by atoms with Crippen LogP contribution in [0.1, 0.15) is 44.2 Å². The van der Waals surface area contributed by atoms with Gasteiger partial charge in [0.2, 0.25) is 0 Å². The quantitative estimate of drug-likeness (QED) is 0.574. The smallest absolute Gasteiger partial charge is 0.0410 e. The van der Waals surface area contributed by atoms with Gasteiger partial charge in [-0.25, -0.2) is 0 Å². The Labute approximate surface area is 117 Å². The molecule has 1 nitrogen and oxygen atoms in total.